The fourth-order valence-corrected chi connectivity index (χ4v) is 2.46. The van der Waals surface area contributed by atoms with E-state index in [4.69, 9.17) is 11.6 Å². The Morgan fingerprint density at radius 3 is 2.92 bits per heavy atom. The van der Waals surface area contributed by atoms with Gasteiger partial charge < -0.3 is 5.32 Å². The lowest BCUT2D eigenvalue weighted by Crippen LogP contribution is -2.19. The van der Waals surface area contributed by atoms with E-state index in [0.29, 0.717) is 40.3 Å². The lowest BCUT2D eigenvalue weighted by Gasteiger charge is -2.12. The summed E-state index contributed by atoms with van der Waals surface area (Å²) in [6, 6.07) is 6.75. The Morgan fingerprint density at radius 1 is 1.38 bits per heavy atom. The molecule has 0 aliphatic heterocycles. The van der Waals surface area contributed by atoms with E-state index in [1.807, 2.05) is 0 Å². The third kappa shape index (κ3) is 3.43. The molecule has 0 atom stereocenters. The summed E-state index contributed by atoms with van der Waals surface area (Å²) in [4.78, 5) is 12.6. The Balaban J connectivity index is 1.89. The average Bonchev–Trinajstić information content (AvgIpc) is 3.19. The van der Waals surface area contributed by atoms with Crippen LogP contribution < -0.4 is 5.32 Å². The van der Waals surface area contributed by atoms with Gasteiger partial charge in [-0.05, 0) is 35.4 Å². The number of rotatable bonds is 5. The minimum absolute atomic E-state index is 0.264. The van der Waals surface area contributed by atoms with Gasteiger partial charge in [0.1, 0.15) is 5.69 Å². The summed E-state index contributed by atoms with van der Waals surface area (Å²) in [5, 5.41) is 21.4. The topological polar surface area (TPSA) is 101 Å². The standard InChI is InChI=1S/C15H16ClN7O/c1-9(2)8-23-13(5-6-17-23)15(24)18-12-4-3-10(16)7-11(12)14-19-21-22-20-14/h3-7,9H,8H2,1-2H3,(H,18,24)(H,19,20,21,22). The van der Waals surface area contributed by atoms with Crippen LogP contribution in [0.5, 0.6) is 0 Å². The molecule has 1 amide bonds. The molecule has 0 aliphatic rings. The third-order valence-electron chi connectivity index (χ3n) is 3.30. The first-order valence-corrected chi connectivity index (χ1v) is 7.79. The minimum Gasteiger partial charge on any atom is -0.320 e. The number of H-pyrrole nitrogens is 1. The van der Waals surface area contributed by atoms with Gasteiger partial charge in [0.05, 0.1) is 5.69 Å². The molecule has 3 aromatic rings. The smallest absolute Gasteiger partial charge is 0.273 e. The molecule has 1 aromatic carbocycles. The number of hydrogen-bond donors (Lipinski definition) is 2. The lowest BCUT2D eigenvalue weighted by atomic mass is 10.1. The van der Waals surface area contributed by atoms with Gasteiger partial charge in [0.15, 0.2) is 0 Å². The van der Waals surface area contributed by atoms with E-state index in [0.717, 1.165) is 0 Å². The summed E-state index contributed by atoms with van der Waals surface area (Å²) in [7, 11) is 0. The molecule has 3 rings (SSSR count). The SMILES string of the molecule is CC(C)Cn1nccc1C(=O)Nc1ccc(Cl)cc1-c1nn[nH]n1. The number of tetrazole rings is 1. The maximum absolute atomic E-state index is 12.6. The number of nitrogens with zero attached hydrogens (tertiary/aromatic N) is 5. The van der Waals surface area contributed by atoms with Crippen LogP contribution in [0.3, 0.4) is 0 Å². The summed E-state index contributed by atoms with van der Waals surface area (Å²) < 4.78 is 1.68. The first kappa shape index (κ1) is 16.1. The van der Waals surface area contributed by atoms with Crippen molar-refractivity contribution in [2.24, 2.45) is 5.92 Å². The molecule has 0 unspecified atom stereocenters. The van der Waals surface area contributed by atoms with E-state index < -0.39 is 0 Å². The van der Waals surface area contributed by atoms with Crippen molar-refractivity contribution in [1.82, 2.24) is 30.4 Å². The maximum atomic E-state index is 12.6. The highest BCUT2D eigenvalue weighted by molar-refractivity contribution is 6.31. The summed E-state index contributed by atoms with van der Waals surface area (Å²) in [5.41, 5.74) is 1.61. The number of carbonyl (C=O) groups is 1. The number of amides is 1. The van der Waals surface area contributed by atoms with Gasteiger partial charge in [-0.25, -0.2) is 0 Å². The van der Waals surface area contributed by atoms with Crippen LogP contribution in [0, 0.1) is 5.92 Å². The predicted octanol–water partition coefficient (Wildman–Crippen LogP) is 2.62. The Hall–Kier alpha value is -2.74. The molecule has 124 valence electrons. The highest BCUT2D eigenvalue weighted by atomic mass is 35.5. The molecule has 2 heterocycles. The molecule has 0 bridgehead atoms. The highest BCUT2D eigenvalue weighted by Gasteiger charge is 2.17. The first-order valence-electron chi connectivity index (χ1n) is 7.41. The second-order valence-electron chi connectivity index (χ2n) is 5.67. The van der Waals surface area contributed by atoms with Crippen molar-refractivity contribution in [2.45, 2.75) is 20.4 Å². The zero-order valence-electron chi connectivity index (χ0n) is 13.2. The van der Waals surface area contributed by atoms with E-state index in [-0.39, 0.29) is 5.91 Å². The van der Waals surface area contributed by atoms with Crippen LogP contribution in [0.2, 0.25) is 5.02 Å². The van der Waals surface area contributed by atoms with Crippen LogP contribution >= 0.6 is 11.6 Å². The van der Waals surface area contributed by atoms with Crippen molar-refractivity contribution in [3.05, 3.63) is 41.2 Å². The van der Waals surface area contributed by atoms with Crippen molar-refractivity contribution in [3.63, 3.8) is 0 Å². The van der Waals surface area contributed by atoms with E-state index in [2.05, 4.69) is 44.9 Å². The van der Waals surface area contributed by atoms with E-state index in [1.54, 1.807) is 35.1 Å². The van der Waals surface area contributed by atoms with Crippen molar-refractivity contribution < 1.29 is 4.79 Å². The number of nitrogens with one attached hydrogen (secondary N) is 2. The van der Waals surface area contributed by atoms with Gasteiger partial charge >= 0.3 is 0 Å². The average molecular weight is 346 g/mol. The Bertz CT molecular complexity index is 841. The zero-order chi connectivity index (χ0) is 17.1. The number of hydrogen-bond acceptors (Lipinski definition) is 5. The number of aromatic amines is 1. The fourth-order valence-electron chi connectivity index (χ4n) is 2.29. The van der Waals surface area contributed by atoms with Crippen molar-refractivity contribution in [3.8, 4) is 11.4 Å². The van der Waals surface area contributed by atoms with Crippen LogP contribution in [-0.2, 0) is 6.54 Å². The number of anilines is 1. The van der Waals surface area contributed by atoms with Gasteiger partial charge in [0, 0.05) is 23.3 Å². The monoisotopic (exact) mass is 345 g/mol. The maximum Gasteiger partial charge on any atom is 0.273 e. The predicted molar refractivity (Wildman–Crippen MR) is 89.6 cm³/mol. The summed E-state index contributed by atoms with van der Waals surface area (Å²) in [6.45, 7) is 4.79. The van der Waals surface area contributed by atoms with Crippen LogP contribution in [0.1, 0.15) is 24.3 Å². The molecule has 0 saturated heterocycles. The molecular weight excluding hydrogens is 330 g/mol. The molecule has 0 saturated carbocycles. The lowest BCUT2D eigenvalue weighted by molar-refractivity contribution is 0.101. The van der Waals surface area contributed by atoms with Gasteiger partial charge in [-0.2, -0.15) is 10.3 Å². The second-order valence-corrected chi connectivity index (χ2v) is 6.11. The van der Waals surface area contributed by atoms with Gasteiger partial charge in [0.2, 0.25) is 5.82 Å². The fraction of sp³-hybridized carbons (Fsp3) is 0.267. The molecule has 2 aromatic heterocycles. The van der Waals surface area contributed by atoms with Crippen molar-refractivity contribution in [2.75, 3.05) is 5.32 Å². The molecule has 0 spiro atoms. The summed E-state index contributed by atoms with van der Waals surface area (Å²) in [6.07, 6.45) is 1.61. The Labute approximate surface area is 143 Å². The van der Waals surface area contributed by atoms with Gasteiger partial charge in [-0.3, -0.25) is 9.48 Å². The highest BCUT2D eigenvalue weighted by Crippen LogP contribution is 2.28. The van der Waals surface area contributed by atoms with Crippen LogP contribution in [0.25, 0.3) is 11.4 Å². The number of carbonyl (C=O) groups excluding carboxylic acids is 1. The van der Waals surface area contributed by atoms with Crippen LogP contribution in [0.15, 0.2) is 30.5 Å². The summed E-state index contributed by atoms with van der Waals surface area (Å²) in [5.74, 6) is 0.463. The molecule has 24 heavy (non-hydrogen) atoms. The van der Waals surface area contributed by atoms with Gasteiger partial charge in [-0.15, -0.1) is 10.2 Å². The van der Waals surface area contributed by atoms with Crippen LogP contribution in [-0.4, -0.2) is 36.3 Å². The zero-order valence-corrected chi connectivity index (χ0v) is 13.9. The van der Waals surface area contributed by atoms with E-state index in [1.165, 1.54) is 0 Å². The number of halogens is 1. The van der Waals surface area contributed by atoms with Gasteiger partial charge in [-0.1, -0.05) is 25.4 Å². The quantitative estimate of drug-likeness (QED) is 0.740. The third-order valence-corrected chi connectivity index (χ3v) is 3.54. The molecular formula is C15H16ClN7O. The van der Waals surface area contributed by atoms with Crippen molar-refractivity contribution in [1.29, 1.82) is 0 Å². The molecule has 8 nitrogen and oxygen atoms in total. The second kappa shape index (κ2) is 6.79. The van der Waals surface area contributed by atoms with E-state index in [9.17, 15) is 4.79 Å². The minimum atomic E-state index is -0.264. The molecule has 9 heteroatoms. The molecule has 0 radical (unpaired) electrons. The molecule has 0 aliphatic carbocycles. The molecule has 2 N–H and O–H groups in total. The summed E-state index contributed by atoms with van der Waals surface area (Å²) >= 11 is 6.04. The number of benzene rings is 1. The largest absolute Gasteiger partial charge is 0.320 e. The normalized spacial score (nSPS) is 11.0. The Kier molecular flexibility index (Phi) is 4.57. The van der Waals surface area contributed by atoms with E-state index >= 15 is 0 Å². The Morgan fingerprint density at radius 2 is 2.21 bits per heavy atom. The molecule has 0 fully saturated rings. The van der Waals surface area contributed by atoms with Gasteiger partial charge in [0.25, 0.3) is 5.91 Å². The first-order chi connectivity index (χ1) is 11.5. The van der Waals surface area contributed by atoms with Crippen molar-refractivity contribution >= 4 is 23.2 Å². The number of aromatic nitrogens is 6. The van der Waals surface area contributed by atoms with Crippen LogP contribution in [0.4, 0.5) is 5.69 Å².